The number of methoxy groups -OCH3 is 1. The summed E-state index contributed by atoms with van der Waals surface area (Å²) in [5, 5.41) is 5.85. The predicted molar refractivity (Wildman–Crippen MR) is 114 cm³/mol. The van der Waals surface area contributed by atoms with Crippen molar-refractivity contribution in [3.8, 4) is 5.75 Å². The average molecular weight is 414 g/mol. The van der Waals surface area contributed by atoms with Crippen molar-refractivity contribution in [1.29, 1.82) is 0 Å². The maximum absolute atomic E-state index is 13.0. The zero-order chi connectivity index (χ0) is 21.5. The van der Waals surface area contributed by atoms with Crippen LogP contribution in [0.4, 0.5) is 0 Å². The summed E-state index contributed by atoms with van der Waals surface area (Å²) in [6.45, 7) is 6.28. The summed E-state index contributed by atoms with van der Waals surface area (Å²) in [5.41, 5.74) is 1.11. The minimum absolute atomic E-state index is 0.0557. The fraction of sp³-hybridized carbons (Fsp3) is 0.478. The Kier molecular flexibility index (Phi) is 7.52. The monoisotopic (exact) mass is 413 g/mol. The van der Waals surface area contributed by atoms with Crippen LogP contribution in [0.25, 0.3) is 0 Å². The van der Waals surface area contributed by atoms with Crippen LogP contribution in [0.15, 0.2) is 47.1 Å². The Morgan fingerprint density at radius 3 is 2.57 bits per heavy atom. The fourth-order valence-electron chi connectivity index (χ4n) is 3.82. The molecule has 2 heterocycles. The van der Waals surface area contributed by atoms with Gasteiger partial charge in [0.25, 0.3) is 5.91 Å². The van der Waals surface area contributed by atoms with E-state index in [1.165, 1.54) is 6.26 Å². The first-order valence-electron chi connectivity index (χ1n) is 10.5. The largest absolute Gasteiger partial charge is 0.497 e. The van der Waals surface area contributed by atoms with Gasteiger partial charge in [0.15, 0.2) is 5.76 Å². The van der Waals surface area contributed by atoms with Gasteiger partial charge in [0.1, 0.15) is 11.8 Å². The van der Waals surface area contributed by atoms with Crippen LogP contribution in [-0.4, -0.2) is 49.5 Å². The summed E-state index contributed by atoms with van der Waals surface area (Å²) in [7, 11) is 1.65. The molecule has 0 spiro atoms. The smallest absolute Gasteiger partial charge is 0.287 e. The number of carbonyl (C=O) groups excluding carboxylic acids is 2. The van der Waals surface area contributed by atoms with Crippen LogP contribution in [-0.2, 0) is 4.79 Å². The van der Waals surface area contributed by atoms with Crippen molar-refractivity contribution >= 4 is 11.8 Å². The lowest BCUT2D eigenvalue weighted by Gasteiger charge is -2.29. The zero-order valence-electron chi connectivity index (χ0n) is 17.9. The van der Waals surface area contributed by atoms with Gasteiger partial charge in [0.2, 0.25) is 5.91 Å². The number of hydrogen-bond donors (Lipinski definition) is 2. The van der Waals surface area contributed by atoms with E-state index < -0.39 is 11.9 Å². The third kappa shape index (κ3) is 5.42. The van der Waals surface area contributed by atoms with E-state index in [2.05, 4.69) is 21.6 Å². The second kappa shape index (κ2) is 10.3. The highest BCUT2D eigenvalue weighted by molar-refractivity contribution is 5.95. The molecule has 30 heavy (non-hydrogen) atoms. The summed E-state index contributed by atoms with van der Waals surface area (Å²) in [6.07, 6.45) is 3.75. The summed E-state index contributed by atoms with van der Waals surface area (Å²) in [4.78, 5) is 27.7. The number of amides is 2. The number of rotatable bonds is 9. The van der Waals surface area contributed by atoms with Crippen molar-refractivity contribution in [1.82, 2.24) is 15.5 Å². The molecule has 162 valence electrons. The fourth-order valence-corrected chi connectivity index (χ4v) is 3.82. The molecule has 7 heteroatoms. The van der Waals surface area contributed by atoms with Crippen molar-refractivity contribution in [3.63, 3.8) is 0 Å². The van der Waals surface area contributed by atoms with Crippen LogP contribution >= 0.6 is 0 Å². The number of furan rings is 1. The molecule has 0 radical (unpaired) electrons. The second-order valence-corrected chi connectivity index (χ2v) is 7.95. The van der Waals surface area contributed by atoms with Crippen LogP contribution in [0.2, 0.25) is 0 Å². The molecule has 1 aromatic carbocycles. The highest BCUT2D eigenvalue weighted by atomic mass is 16.5. The summed E-state index contributed by atoms with van der Waals surface area (Å²) < 4.78 is 10.5. The number of likely N-dealkylation sites (tertiary alicyclic amines) is 1. The first kappa shape index (κ1) is 21.9. The lowest BCUT2D eigenvalue weighted by molar-refractivity contribution is -0.124. The highest BCUT2D eigenvalue weighted by Crippen LogP contribution is 2.27. The topological polar surface area (TPSA) is 83.8 Å². The lowest BCUT2D eigenvalue weighted by atomic mass is 10.0. The van der Waals surface area contributed by atoms with Crippen molar-refractivity contribution in [3.05, 3.63) is 54.0 Å². The Hall–Kier alpha value is -2.80. The van der Waals surface area contributed by atoms with Crippen LogP contribution in [0.1, 0.15) is 48.8 Å². The minimum Gasteiger partial charge on any atom is -0.497 e. The molecule has 2 aromatic rings. The summed E-state index contributed by atoms with van der Waals surface area (Å²) >= 11 is 0. The van der Waals surface area contributed by atoms with Gasteiger partial charge in [-0.05, 0) is 61.7 Å². The van der Waals surface area contributed by atoms with E-state index in [4.69, 9.17) is 9.15 Å². The van der Waals surface area contributed by atoms with E-state index in [1.54, 1.807) is 19.2 Å². The van der Waals surface area contributed by atoms with E-state index in [0.29, 0.717) is 6.54 Å². The Bertz CT molecular complexity index is 829. The molecule has 0 saturated carbocycles. The maximum atomic E-state index is 13.0. The van der Waals surface area contributed by atoms with Crippen molar-refractivity contribution in [2.45, 2.75) is 38.8 Å². The predicted octanol–water partition coefficient (Wildman–Crippen LogP) is 3.00. The number of benzene rings is 1. The average Bonchev–Trinajstić information content (AvgIpc) is 3.46. The molecule has 1 aliphatic rings. The highest BCUT2D eigenvalue weighted by Gasteiger charge is 2.28. The SMILES string of the molecule is COc1cccc([C@H](CNC(=O)[C@H](NC(=O)c2ccco2)C(C)C)N2CCCC2)c1. The van der Waals surface area contributed by atoms with Gasteiger partial charge < -0.3 is 19.8 Å². The first-order chi connectivity index (χ1) is 14.5. The molecule has 2 amide bonds. The lowest BCUT2D eigenvalue weighted by Crippen LogP contribution is -2.51. The Labute approximate surface area is 177 Å². The van der Waals surface area contributed by atoms with E-state index in [9.17, 15) is 9.59 Å². The molecule has 0 bridgehead atoms. The minimum atomic E-state index is -0.646. The third-order valence-electron chi connectivity index (χ3n) is 5.51. The van der Waals surface area contributed by atoms with Gasteiger partial charge in [-0.25, -0.2) is 0 Å². The van der Waals surface area contributed by atoms with Crippen LogP contribution < -0.4 is 15.4 Å². The quantitative estimate of drug-likeness (QED) is 0.660. The first-order valence-corrected chi connectivity index (χ1v) is 10.5. The molecule has 1 aliphatic heterocycles. The van der Waals surface area contributed by atoms with Gasteiger partial charge in [-0.1, -0.05) is 26.0 Å². The van der Waals surface area contributed by atoms with Gasteiger partial charge >= 0.3 is 0 Å². The number of nitrogens with one attached hydrogen (secondary N) is 2. The zero-order valence-corrected chi connectivity index (χ0v) is 17.9. The number of carbonyl (C=O) groups is 2. The molecule has 1 saturated heterocycles. The Morgan fingerprint density at radius 2 is 1.93 bits per heavy atom. The Morgan fingerprint density at radius 1 is 1.17 bits per heavy atom. The number of hydrogen-bond acceptors (Lipinski definition) is 5. The standard InChI is InChI=1S/C23H31N3O4/c1-16(2)21(25-22(27)20-10-7-13-30-20)23(28)24-15-19(26-11-4-5-12-26)17-8-6-9-18(14-17)29-3/h6-10,13-14,16,19,21H,4-5,11-12,15H2,1-3H3,(H,24,28)(H,25,27)/t19-,21+/m0/s1. The van der Waals surface area contributed by atoms with Gasteiger partial charge in [-0.2, -0.15) is 0 Å². The molecule has 0 unspecified atom stereocenters. The van der Waals surface area contributed by atoms with E-state index in [1.807, 2.05) is 32.0 Å². The summed E-state index contributed by atoms with van der Waals surface area (Å²) in [6, 6.07) is 10.6. The molecule has 0 aliphatic carbocycles. The second-order valence-electron chi connectivity index (χ2n) is 7.95. The Balaban J connectivity index is 1.69. The molecule has 2 N–H and O–H groups in total. The van der Waals surface area contributed by atoms with Gasteiger partial charge in [-0.3, -0.25) is 14.5 Å². The van der Waals surface area contributed by atoms with Gasteiger partial charge in [0.05, 0.1) is 19.4 Å². The van der Waals surface area contributed by atoms with E-state index >= 15 is 0 Å². The molecule has 2 atom stereocenters. The number of nitrogens with zero attached hydrogens (tertiary/aromatic N) is 1. The molecular weight excluding hydrogens is 382 g/mol. The van der Waals surface area contributed by atoms with Crippen LogP contribution in [0.3, 0.4) is 0 Å². The van der Waals surface area contributed by atoms with Crippen LogP contribution in [0, 0.1) is 5.92 Å². The molecule has 3 rings (SSSR count). The summed E-state index contributed by atoms with van der Waals surface area (Å²) in [5.74, 6) is 0.342. The van der Waals surface area contributed by atoms with Crippen molar-refractivity contribution < 1.29 is 18.7 Å². The third-order valence-corrected chi connectivity index (χ3v) is 5.51. The molecule has 1 aromatic heterocycles. The maximum Gasteiger partial charge on any atom is 0.287 e. The van der Waals surface area contributed by atoms with Crippen molar-refractivity contribution in [2.75, 3.05) is 26.7 Å². The van der Waals surface area contributed by atoms with E-state index in [0.717, 1.165) is 37.2 Å². The van der Waals surface area contributed by atoms with Crippen LogP contribution in [0.5, 0.6) is 5.75 Å². The van der Waals surface area contributed by atoms with Gasteiger partial charge in [-0.15, -0.1) is 0 Å². The van der Waals surface area contributed by atoms with E-state index in [-0.39, 0.29) is 23.6 Å². The van der Waals surface area contributed by atoms with Gasteiger partial charge in [0, 0.05) is 6.54 Å². The number of ether oxygens (including phenoxy) is 1. The molecule has 1 fully saturated rings. The normalized spacial score (nSPS) is 16.3. The molecule has 7 nitrogen and oxygen atoms in total. The van der Waals surface area contributed by atoms with Crippen molar-refractivity contribution in [2.24, 2.45) is 5.92 Å². The molecular formula is C23H31N3O4.